The van der Waals surface area contributed by atoms with Crippen LogP contribution in [0.1, 0.15) is 45.2 Å². The molecule has 0 radical (unpaired) electrons. The Kier molecular flexibility index (Phi) is 6.71. The Balaban J connectivity index is 2.11. The van der Waals surface area contributed by atoms with Crippen LogP contribution in [0.4, 0.5) is 0 Å². The molecule has 2 rings (SSSR count). The van der Waals surface area contributed by atoms with Crippen molar-refractivity contribution in [3.8, 4) is 11.5 Å². The van der Waals surface area contributed by atoms with Crippen molar-refractivity contribution >= 4 is 11.8 Å². The highest BCUT2D eigenvalue weighted by molar-refractivity contribution is 8.00. The highest BCUT2D eigenvalue weighted by Crippen LogP contribution is 2.33. The second-order valence-electron chi connectivity index (χ2n) is 5.51. The summed E-state index contributed by atoms with van der Waals surface area (Å²) in [7, 11) is 0. The van der Waals surface area contributed by atoms with E-state index in [1.165, 1.54) is 5.56 Å². The SMILES string of the molecule is CCCOc1ccc(C2CSC(C)CN2)cc1OCCC. The van der Waals surface area contributed by atoms with Gasteiger partial charge in [-0.1, -0.05) is 26.8 Å². The molecule has 118 valence electrons. The highest BCUT2D eigenvalue weighted by atomic mass is 32.2. The Hall–Kier alpha value is -0.870. The monoisotopic (exact) mass is 309 g/mol. The molecule has 1 aromatic carbocycles. The molecule has 0 bridgehead atoms. The summed E-state index contributed by atoms with van der Waals surface area (Å²) in [5.74, 6) is 2.86. The predicted octanol–water partition coefficient (Wildman–Crippen LogP) is 4.03. The quantitative estimate of drug-likeness (QED) is 0.824. The molecular formula is C17H27NO2S. The lowest BCUT2D eigenvalue weighted by molar-refractivity contribution is 0.268. The van der Waals surface area contributed by atoms with Crippen LogP contribution in [-0.4, -0.2) is 30.8 Å². The van der Waals surface area contributed by atoms with E-state index in [2.05, 4.69) is 44.3 Å². The summed E-state index contributed by atoms with van der Waals surface area (Å²) in [4.78, 5) is 0. The maximum Gasteiger partial charge on any atom is 0.161 e. The number of rotatable bonds is 7. The van der Waals surface area contributed by atoms with Gasteiger partial charge in [-0.25, -0.2) is 0 Å². The van der Waals surface area contributed by atoms with E-state index >= 15 is 0 Å². The average Bonchev–Trinajstić information content (AvgIpc) is 2.52. The minimum atomic E-state index is 0.412. The fourth-order valence-corrected chi connectivity index (χ4v) is 3.34. The van der Waals surface area contributed by atoms with E-state index in [-0.39, 0.29) is 0 Å². The summed E-state index contributed by atoms with van der Waals surface area (Å²) < 4.78 is 11.7. The lowest BCUT2D eigenvalue weighted by atomic mass is 10.1. The van der Waals surface area contributed by atoms with Crippen molar-refractivity contribution in [2.75, 3.05) is 25.5 Å². The van der Waals surface area contributed by atoms with E-state index in [9.17, 15) is 0 Å². The Bertz CT molecular complexity index is 431. The number of hydrogen-bond donors (Lipinski definition) is 1. The van der Waals surface area contributed by atoms with E-state index in [4.69, 9.17) is 9.47 Å². The minimum absolute atomic E-state index is 0.412. The molecule has 1 aliphatic rings. The van der Waals surface area contributed by atoms with Crippen molar-refractivity contribution in [1.29, 1.82) is 0 Å². The summed E-state index contributed by atoms with van der Waals surface area (Å²) in [6.45, 7) is 9.04. The molecule has 1 heterocycles. The van der Waals surface area contributed by atoms with Crippen molar-refractivity contribution in [2.24, 2.45) is 0 Å². The lowest BCUT2D eigenvalue weighted by Gasteiger charge is -2.28. The normalized spacial score (nSPS) is 22.0. The molecule has 2 unspecified atom stereocenters. The molecule has 1 aromatic rings. The number of ether oxygens (including phenoxy) is 2. The molecule has 0 spiro atoms. The van der Waals surface area contributed by atoms with Crippen molar-refractivity contribution in [2.45, 2.75) is 44.9 Å². The Morgan fingerprint density at radius 2 is 1.86 bits per heavy atom. The Morgan fingerprint density at radius 1 is 1.14 bits per heavy atom. The molecule has 1 aliphatic heterocycles. The van der Waals surface area contributed by atoms with Crippen molar-refractivity contribution in [3.05, 3.63) is 23.8 Å². The van der Waals surface area contributed by atoms with Crippen molar-refractivity contribution in [3.63, 3.8) is 0 Å². The van der Waals surface area contributed by atoms with Gasteiger partial charge in [0.25, 0.3) is 0 Å². The van der Waals surface area contributed by atoms with Crippen LogP contribution in [0.3, 0.4) is 0 Å². The first-order valence-electron chi connectivity index (χ1n) is 7.99. The number of nitrogens with one attached hydrogen (secondary N) is 1. The number of benzene rings is 1. The second kappa shape index (κ2) is 8.54. The molecule has 1 saturated heterocycles. The number of thioether (sulfide) groups is 1. The van der Waals surface area contributed by atoms with Gasteiger partial charge in [0.2, 0.25) is 0 Å². The van der Waals surface area contributed by atoms with Gasteiger partial charge in [0.1, 0.15) is 0 Å². The van der Waals surface area contributed by atoms with Crippen LogP contribution in [0.25, 0.3) is 0 Å². The summed E-state index contributed by atoms with van der Waals surface area (Å²) in [6.07, 6.45) is 2.01. The van der Waals surface area contributed by atoms with E-state index in [0.29, 0.717) is 11.3 Å². The smallest absolute Gasteiger partial charge is 0.161 e. The molecule has 2 atom stereocenters. The van der Waals surface area contributed by atoms with E-state index < -0.39 is 0 Å². The highest BCUT2D eigenvalue weighted by Gasteiger charge is 2.20. The van der Waals surface area contributed by atoms with E-state index in [1.54, 1.807) is 0 Å². The van der Waals surface area contributed by atoms with Gasteiger partial charge in [-0.2, -0.15) is 11.8 Å². The van der Waals surface area contributed by atoms with Gasteiger partial charge in [-0.05, 0) is 30.5 Å². The zero-order valence-electron chi connectivity index (χ0n) is 13.4. The third kappa shape index (κ3) is 4.82. The van der Waals surface area contributed by atoms with Crippen LogP contribution in [0.15, 0.2) is 18.2 Å². The van der Waals surface area contributed by atoms with E-state index in [0.717, 1.165) is 49.9 Å². The van der Waals surface area contributed by atoms with Gasteiger partial charge in [-0.3, -0.25) is 0 Å². The summed E-state index contributed by atoms with van der Waals surface area (Å²) in [5, 5.41) is 4.31. The second-order valence-corrected chi connectivity index (χ2v) is 6.98. The molecule has 3 nitrogen and oxygen atoms in total. The molecule has 4 heteroatoms. The molecule has 1 fully saturated rings. The summed E-state index contributed by atoms with van der Waals surface area (Å²) in [6, 6.07) is 6.78. The van der Waals surface area contributed by atoms with Crippen LogP contribution >= 0.6 is 11.8 Å². The maximum absolute atomic E-state index is 5.88. The molecule has 0 saturated carbocycles. The zero-order valence-corrected chi connectivity index (χ0v) is 14.2. The molecule has 21 heavy (non-hydrogen) atoms. The van der Waals surface area contributed by atoms with Crippen LogP contribution in [0.2, 0.25) is 0 Å². The summed E-state index contributed by atoms with van der Waals surface area (Å²) in [5.41, 5.74) is 1.30. The third-order valence-electron chi connectivity index (χ3n) is 3.49. The van der Waals surface area contributed by atoms with Gasteiger partial charge in [0, 0.05) is 23.6 Å². The molecule has 1 N–H and O–H groups in total. The first kappa shape index (κ1) is 16.5. The zero-order chi connectivity index (χ0) is 15.1. The molecule has 0 aliphatic carbocycles. The van der Waals surface area contributed by atoms with Gasteiger partial charge < -0.3 is 14.8 Å². The first-order valence-corrected chi connectivity index (χ1v) is 9.04. The fraction of sp³-hybridized carbons (Fsp3) is 0.647. The third-order valence-corrected chi connectivity index (χ3v) is 4.75. The van der Waals surface area contributed by atoms with Crippen LogP contribution in [0, 0.1) is 0 Å². The van der Waals surface area contributed by atoms with Gasteiger partial charge in [0.05, 0.1) is 13.2 Å². The maximum atomic E-state index is 5.88. The van der Waals surface area contributed by atoms with Crippen LogP contribution < -0.4 is 14.8 Å². The molecule has 0 amide bonds. The Labute approximate surface area is 132 Å². The number of hydrogen-bond acceptors (Lipinski definition) is 4. The largest absolute Gasteiger partial charge is 0.490 e. The van der Waals surface area contributed by atoms with Crippen LogP contribution in [0.5, 0.6) is 11.5 Å². The Morgan fingerprint density at radius 3 is 2.48 bits per heavy atom. The van der Waals surface area contributed by atoms with Gasteiger partial charge in [-0.15, -0.1) is 0 Å². The molecular weight excluding hydrogens is 282 g/mol. The lowest BCUT2D eigenvalue weighted by Crippen LogP contribution is -2.34. The minimum Gasteiger partial charge on any atom is -0.490 e. The predicted molar refractivity (Wildman–Crippen MR) is 90.7 cm³/mol. The first-order chi connectivity index (χ1) is 10.2. The fourth-order valence-electron chi connectivity index (χ4n) is 2.30. The van der Waals surface area contributed by atoms with Crippen LogP contribution in [-0.2, 0) is 0 Å². The average molecular weight is 309 g/mol. The van der Waals surface area contributed by atoms with Gasteiger partial charge in [0.15, 0.2) is 11.5 Å². The van der Waals surface area contributed by atoms with Crippen molar-refractivity contribution < 1.29 is 9.47 Å². The molecule has 0 aromatic heterocycles. The standard InChI is InChI=1S/C17H27NO2S/c1-4-8-19-16-7-6-14(10-17(16)20-9-5-2)15-12-21-13(3)11-18-15/h6-7,10,13,15,18H,4-5,8-9,11-12H2,1-3H3. The van der Waals surface area contributed by atoms with Crippen molar-refractivity contribution in [1.82, 2.24) is 5.32 Å². The van der Waals surface area contributed by atoms with E-state index in [1.807, 2.05) is 11.8 Å². The van der Waals surface area contributed by atoms with Gasteiger partial charge >= 0.3 is 0 Å². The summed E-state index contributed by atoms with van der Waals surface area (Å²) >= 11 is 2.03. The topological polar surface area (TPSA) is 30.5 Å².